The van der Waals surface area contributed by atoms with E-state index in [0.29, 0.717) is 30.3 Å². The van der Waals surface area contributed by atoms with Gasteiger partial charge in [-0.05, 0) is 18.2 Å². The van der Waals surface area contributed by atoms with Crippen LogP contribution in [0.1, 0.15) is 5.56 Å². The Balaban J connectivity index is 1.51. The van der Waals surface area contributed by atoms with E-state index in [1.807, 2.05) is 24.3 Å². The van der Waals surface area contributed by atoms with E-state index in [-0.39, 0.29) is 5.91 Å². The SMILES string of the molecule is COc1cccc(N2CC[NH+](CC(=O)NCc3cc(OC)c(OC)cc3OC)CC2)c1. The molecule has 1 aliphatic heterocycles. The van der Waals surface area contributed by atoms with Crippen molar-refractivity contribution in [3.05, 3.63) is 42.0 Å². The Morgan fingerprint density at radius 2 is 1.61 bits per heavy atom. The lowest BCUT2D eigenvalue weighted by atomic mass is 10.1. The van der Waals surface area contributed by atoms with Gasteiger partial charge in [-0.15, -0.1) is 0 Å². The quantitative estimate of drug-likeness (QED) is 0.612. The molecule has 2 aromatic rings. The number of methoxy groups -OCH3 is 4. The summed E-state index contributed by atoms with van der Waals surface area (Å²) < 4.78 is 21.4. The maximum absolute atomic E-state index is 12.5. The third kappa shape index (κ3) is 5.73. The number of nitrogens with one attached hydrogen (secondary N) is 2. The van der Waals surface area contributed by atoms with Gasteiger partial charge in [0.15, 0.2) is 18.0 Å². The number of anilines is 1. The van der Waals surface area contributed by atoms with Crippen molar-refractivity contribution in [3.63, 3.8) is 0 Å². The molecule has 0 bridgehead atoms. The molecule has 0 unspecified atom stereocenters. The monoisotopic (exact) mass is 430 g/mol. The summed E-state index contributed by atoms with van der Waals surface area (Å²) in [7, 11) is 6.44. The van der Waals surface area contributed by atoms with Crippen LogP contribution < -0.4 is 34.1 Å². The van der Waals surface area contributed by atoms with Gasteiger partial charge in [-0.2, -0.15) is 0 Å². The molecule has 1 aliphatic rings. The van der Waals surface area contributed by atoms with Crippen molar-refractivity contribution in [2.45, 2.75) is 6.54 Å². The molecular formula is C23H32N3O5+. The van der Waals surface area contributed by atoms with Crippen LogP contribution in [0.4, 0.5) is 5.69 Å². The van der Waals surface area contributed by atoms with E-state index >= 15 is 0 Å². The minimum atomic E-state index is 0.0154. The van der Waals surface area contributed by atoms with Crippen LogP contribution in [0.3, 0.4) is 0 Å². The zero-order valence-electron chi connectivity index (χ0n) is 18.7. The Morgan fingerprint density at radius 1 is 0.935 bits per heavy atom. The molecule has 8 heteroatoms. The highest BCUT2D eigenvalue weighted by molar-refractivity contribution is 5.77. The summed E-state index contributed by atoms with van der Waals surface area (Å²) in [6.07, 6.45) is 0. The Bertz CT molecular complexity index is 882. The van der Waals surface area contributed by atoms with Crippen molar-refractivity contribution >= 4 is 11.6 Å². The highest BCUT2D eigenvalue weighted by Gasteiger charge is 2.23. The second kappa shape index (κ2) is 10.8. The van der Waals surface area contributed by atoms with Crippen LogP contribution in [0.2, 0.25) is 0 Å². The first-order valence-corrected chi connectivity index (χ1v) is 10.4. The Labute approximate surface area is 183 Å². The fraction of sp³-hybridized carbons (Fsp3) is 0.435. The smallest absolute Gasteiger partial charge is 0.275 e. The van der Waals surface area contributed by atoms with E-state index < -0.39 is 0 Å². The van der Waals surface area contributed by atoms with Crippen molar-refractivity contribution in [1.82, 2.24) is 5.32 Å². The van der Waals surface area contributed by atoms with E-state index in [1.165, 1.54) is 4.90 Å². The van der Waals surface area contributed by atoms with Crippen LogP contribution in [-0.4, -0.2) is 67.1 Å². The second-order valence-corrected chi connectivity index (χ2v) is 7.41. The largest absolute Gasteiger partial charge is 0.497 e. The lowest BCUT2D eigenvalue weighted by Crippen LogP contribution is -3.15. The Kier molecular flexibility index (Phi) is 7.83. The third-order valence-electron chi connectivity index (χ3n) is 5.56. The van der Waals surface area contributed by atoms with Gasteiger partial charge in [0.05, 0.1) is 54.6 Å². The summed E-state index contributed by atoms with van der Waals surface area (Å²) in [5.41, 5.74) is 2.00. The summed E-state index contributed by atoms with van der Waals surface area (Å²) in [6.45, 7) is 4.43. The number of hydrogen-bond acceptors (Lipinski definition) is 6. The standard InChI is InChI=1S/C23H31N3O5/c1-28-19-7-5-6-18(13-19)26-10-8-25(9-11-26)16-23(27)24-15-17-12-21(30-3)22(31-4)14-20(17)29-2/h5-7,12-14H,8-11,15-16H2,1-4H3,(H,24,27)/p+1. The maximum atomic E-state index is 12.5. The van der Waals surface area contributed by atoms with E-state index in [2.05, 4.69) is 16.3 Å². The number of carbonyl (C=O) groups is 1. The minimum absolute atomic E-state index is 0.0154. The van der Waals surface area contributed by atoms with Gasteiger partial charge in [0.2, 0.25) is 0 Å². The first kappa shape index (κ1) is 22.6. The molecule has 1 saturated heterocycles. The number of carbonyl (C=O) groups excluding carboxylic acids is 1. The average Bonchev–Trinajstić information content (AvgIpc) is 2.82. The number of piperazine rings is 1. The van der Waals surface area contributed by atoms with E-state index in [1.54, 1.807) is 34.5 Å². The van der Waals surface area contributed by atoms with Gasteiger partial charge >= 0.3 is 0 Å². The van der Waals surface area contributed by atoms with Crippen LogP contribution >= 0.6 is 0 Å². The van der Waals surface area contributed by atoms with Crippen molar-refractivity contribution < 1.29 is 28.6 Å². The molecule has 0 radical (unpaired) electrons. The van der Waals surface area contributed by atoms with Crippen LogP contribution in [0.15, 0.2) is 36.4 Å². The van der Waals surface area contributed by atoms with Gasteiger partial charge in [-0.1, -0.05) is 6.07 Å². The number of hydrogen-bond donors (Lipinski definition) is 2. The molecule has 1 fully saturated rings. The maximum Gasteiger partial charge on any atom is 0.275 e. The van der Waals surface area contributed by atoms with Crippen molar-refractivity contribution in [2.24, 2.45) is 0 Å². The summed E-state index contributed by atoms with van der Waals surface area (Å²) in [4.78, 5) is 16.1. The van der Waals surface area contributed by atoms with E-state index in [0.717, 1.165) is 43.2 Å². The molecule has 3 rings (SSSR count). The fourth-order valence-corrected chi connectivity index (χ4v) is 3.78. The molecule has 31 heavy (non-hydrogen) atoms. The van der Waals surface area contributed by atoms with Crippen LogP contribution in [0.25, 0.3) is 0 Å². The van der Waals surface area contributed by atoms with Crippen molar-refractivity contribution in [2.75, 3.05) is 66.1 Å². The molecule has 8 nitrogen and oxygen atoms in total. The number of benzene rings is 2. The number of quaternary nitrogens is 1. The van der Waals surface area contributed by atoms with Gasteiger partial charge in [-0.25, -0.2) is 0 Å². The molecule has 2 N–H and O–H groups in total. The highest BCUT2D eigenvalue weighted by atomic mass is 16.5. The molecular weight excluding hydrogens is 398 g/mol. The first-order chi connectivity index (χ1) is 15.1. The van der Waals surface area contributed by atoms with E-state index in [4.69, 9.17) is 18.9 Å². The lowest BCUT2D eigenvalue weighted by Gasteiger charge is -2.33. The molecule has 0 saturated carbocycles. The van der Waals surface area contributed by atoms with Crippen LogP contribution in [0.5, 0.6) is 23.0 Å². The van der Waals surface area contributed by atoms with Gasteiger partial charge in [0, 0.05) is 29.9 Å². The number of nitrogens with zero attached hydrogens (tertiary/aromatic N) is 1. The predicted octanol–water partition coefficient (Wildman–Crippen LogP) is 0.742. The summed E-state index contributed by atoms with van der Waals surface area (Å²) in [5, 5.41) is 3.00. The first-order valence-electron chi connectivity index (χ1n) is 10.4. The zero-order valence-corrected chi connectivity index (χ0v) is 18.7. The van der Waals surface area contributed by atoms with Crippen molar-refractivity contribution in [3.8, 4) is 23.0 Å². The third-order valence-corrected chi connectivity index (χ3v) is 5.56. The molecule has 0 spiro atoms. The number of amides is 1. The van der Waals surface area contributed by atoms with Gasteiger partial charge in [-0.3, -0.25) is 4.79 Å². The van der Waals surface area contributed by atoms with Crippen molar-refractivity contribution in [1.29, 1.82) is 0 Å². The van der Waals surface area contributed by atoms with Gasteiger partial charge in [0.1, 0.15) is 11.5 Å². The summed E-state index contributed by atoms with van der Waals surface area (Å²) in [6, 6.07) is 11.7. The second-order valence-electron chi connectivity index (χ2n) is 7.41. The molecule has 0 atom stereocenters. The molecule has 1 amide bonds. The number of rotatable bonds is 9. The molecule has 168 valence electrons. The minimum Gasteiger partial charge on any atom is -0.497 e. The lowest BCUT2D eigenvalue weighted by molar-refractivity contribution is -0.892. The molecule has 2 aromatic carbocycles. The average molecular weight is 431 g/mol. The summed E-state index contributed by atoms with van der Waals surface area (Å²) in [5.74, 6) is 2.72. The highest BCUT2D eigenvalue weighted by Crippen LogP contribution is 2.34. The molecule has 0 aromatic heterocycles. The summed E-state index contributed by atoms with van der Waals surface area (Å²) >= 11 is 0. The van der Waals surface area contributed by atoms with Gasteiger partial charge < -0.3 is 34.1 Å². The number of ether oxygens (including phenoxy) is 4. The topological polar surface area (TPSA) is 73.7 Å². The van der Waals surface area contributed by atoms with Crippen LogP contribution in [-0.2, 0) is 11.3 Å². The zero-order chi connectivity index (χ0) is 22.2. The van der Waals surface area contributed by atoms with Gasteiger partial charge in [0.25, 0.3) is 5.91 Å². The Hall–Kier alpha value is -3.13. The van der Waals surface area contributed by atoms with Crippen LogP contribution in [0, 0.1) is 0 Å². The fourth-order valence-electron chi connectivity index (χ4n) is 3.78. The Morgan fingerprint density at radius 3 is 2.26 bits per heavy atom. The molecule has 1 heterocycles. The predicted molar refractivity (Wildman–Crippen MR) is 119 cm³/mol. The normalized spacial score (nSPS) is 14.1. The van der Waals surface area contributed by atoms with E-state index in [9.17, 15) is 4.79 Å². The molecule has 0 aliphatic carbocycles.